The molecule has 1 aliphatic rings. The molecule has 0 amide bonds. The van der Waals surface area contributed by atoms with E-state index < -0.39 is 23.7 Å². The number of aromatic hydroxyl groups is 4. The third-order valence-electron chi connectivity index (χ3n) is 6.64. The molecule has 3 rings (SSSR count). The minimum absolute atomic E-state index is 0.0350. The van der Waals surface area contributed by atoms with Gasteiger partial charge in [0.1, 0.15) is 34.3 Å². The van der Waals surface area contributed by atoms with Crippen LogP contribution in [0.25, 0.3) is 0 Å². The van der Waals surface area contributed by atoms with Crippen LogP contribution in [0.15, 0.2) is 53.6 Å². The zero-order valence-corrected chi connectivity index (χ0v) is 22.0. The number of hydrogen-bond donors (Lipinski definition) is 5. The van der Waals surface area contributed by atoms with Gasteiger partial charge >= 0.3 is 0 Å². The Hall–Kier alpha value is -3.71. The molecule has 7 heteroatoms. The number of phenolic OH excluding ortho intramolecular Hbond substituents is 4. The highest BCUT2D eigenvalue weighted by Crippen LogP contribution is 2.50. The Balaban J connectivity index is 2.24. The van der Waals surface area contributed by atoms with Gasteiger partial charge in [0.05, 0.1) is 0 Å². The number of allylic oxidation sites excluding steroid dienone is 5. The number of Topliss-reactive ketones (excluding diaryl/α,β-unsaturated/α-hetero) is 1. The third-order valence-corrected chi connectivity index (χ3v) is 6.64. The number of rotatable bonds is 8. The molecule has 2 aromatic rings. The Kier molecular flexibility index (Phi) is 8.39. The van der Waals surface area contributed by atoms with E-state index in [1.807, 2.05) is 40.7 Å². The second-order valence-corrected chi connectivity index (χ2v) is 10.2. The average Bonchev–Trinajstić information content (AvgIpc) is 2.80. The van der Waals surface area contributed by atoms with Gasteiger partial charge in [-0.05, 0) is 71.9 Å². The smallest absolute Gasteiger partial charge is 0.202 e. The minimum Gasteiger partial charge on any atom is -0.508 e. The van der Waals surface area contributed by atoms with Crippen molar-refractivity contribution >= 4 is 5.78 Å². The van der Waals surface area contributed by atoms with Crippen LogP contribution in [0, 0.1) is 5.92 Å². The summed E-state index contributed by atoms with van der Waals surface area (Å²) in [5, 5.41) is 53.4. The van der Waals surface area contributed by atoms with Crippen molar-refractivity contribution in [3.05, 3.63) is 75.9 Å². The predicted octanol–water partition coefficient (Wildman–Crippen LogP) is 5.79. The Labute approximate surface area is 217 Å². The lowest BCUT2D eigenvalue weighted by Crippen LogP contribution is -2.37. The average molecular weight is 509 g/mol. The van der Waals surface area contributed by atoms with Gasteiger partial charge in [-0.3, -0.25) is 4.79 Å². The Morgan fingerprint density at radius 1 is 1.00 bits per heavy atom. The first-order chi connectivity index (χ1) is 17.3. The number of ketones is 1. The lowest BCUT2D eigenvalue weighted by atomic mass is 9.83. The summed E-state index contributed by atoms with van der Waals surface area (Å²) in [4.78, 5) is 13.4. The standard InChI is InChI=1S/C30H36O7/c1-15(2)7-9-18(17(5)6)13-22-25(33)21(11-8-16(3)4)26(34)24-27(35)28(36)30(37-29(22)24)20-12-10-19(31)14-23(20)32/h7-8,10,12,14,18,28,30-34,36H,5,9,11,13H2,1-4,6H3/t18-,28+,30+/m1/s1. The summed E-state index contributed by atoms with van der Waals surface area (Å²) in [6.07, 6.45) is 1.94. The van der Waals surface area contributed by atoms with Crippen LogP contribution in [0.2, 0.25) is 0 Å². The van der Waals surface area contributed by atoms with Gasteiger partial charge in [-0.2, -0.15) is 0 Å². The van der Waals surface area contributed by atoms with Crippen molar-refractivity contribution in [2.24, 2.45) is 5.92 Å². The van der Waals surface area contributed by atoms with Gasteiger partial charge < -0.3 is 30.3 Å². The molecule has 0 fully saturated rings. The maximum Gasteiger partial charge on any atom is 0.202 e. The van der Waals surface area contributed by atoms with E-state index >= 15 is 0 Å². The van der Waals surface area contributed by atoms with Crippen molar-refractivity contribution in [3.63, 3.8) is 0 Å². The van der Waals surface area contributed by atoms with Crippen molar-refractivity contribution in [1.82, 2.24) is 0 Å². The molecule has 0 saturated carbocycles. The maximum atomic E-state index is 13.4. The van der Waals surface area contributed by atoms with E-state index in [9.17, 15) is 30.3 Å². The molecule has 0 saturated heterocycles. The second kappa shape index (κ2) is 11.1. The molecule has 0 aromatic heterocycles. The lowest BCUT2D eigenvalue weighted by molar-refractivity contribution is 0.0197. The molecule has 2 aromatic carbocycles. The molecular weight excluding hydrogens is 472 g/mol. The van der Waals surface area contributed by atoms with Crippen LogP contribution in [0.5, 0.6) is 28.7 Å². The van der Waals surface area contributed by atoms with Crippen molar-refractivity contribution in [2.75, 3.05) is 0 Å². The van der Waals surface area contributed by atoms with Gasteiger partial charge in [0.15, 0.2) is 12.2 Å². The number of ether oxygens (including phenoxy) is 1. The van der Waals surface area contributed by atoms with Gasteiger partial charge in [0, 0.05) is 22.8 Å². The summed E-state index contributed by atoms with van der Waals surface area (Å²) in [5.41, 5.74) is 3.35. The number of benzene rings is 2. The second-order valence-electron chi connectivity index (χ2n) is 10.2. The van der Waals surface area contributed by atoms with E-state index in [1.165, 1.54) is 12.1 Å². The Morgan fingerprint density at radius 3 is 2.22 bits per heavy atom. The summed E-state index contributed by atoms with van der Waals surface area (Å²) in [7, 11) is 0. The number of phenols is 4. The first kappa shape index (κ1) is 27.9. The number of fused-ring (bicyclic) bond motifs is 1. The van der Waals surface area contributed by atoms with Crippen molar-refractivity contribution in [2.45, 2.75) is 66.1 Å². The van der Waals surface area contributed by atoms with Gasteiger partial charge in [-0.15, -0.1) is 0 Å². The van der Waals surface area contributed by atoms with Crippen molar-refractivity contribution in [1.29, 1.82) is 0 Å². The molecule has 0 unspecified atom stereocenters. The molecule has 0 bridgehead atoms. The van der Waals surface area contributed by atoms with E-state index in [1.54, 1.807) is 0 Å². The van der Waals surface area contributed by atoms with Crippen LogP contribution in [0.3, 0.4) is 0 Å². The minimum atomic E-state index is -1.73. The Bertz CT molecular complexity index is 1280. The van der Waals surface area contributed by atoms with Gasteiger partial charge in [0.25, 0.3) is 0 Å². The van der Waals surface area contributed by atoms with E-state index in [0.29, 0.717) is 12.0 Å². The highest BCUT2D eigenvalue weighted by atomic mass is 16.5. The molecule has 0 radical (unpaired) electrons. The SMILES string of the molecule is C=C(C)[C@H](CC=C(C)C)Cc1c(O)c(CC=C(C)C)c(O)c2c1O[C@@H](c1ccc(O)cc1O)[C@@H](O)C2=O. The van der Waals surface area contributed by atoms with Gasteiger partial charge in [-0.25, -0.2) is 0 Å². The maximum absolute atomic E-state index is 13.4. The molecule has 3 atom stereocenters. The van der Waals surface area contributed by atoms with Crippen LogP contribution in [0.1, 0.15) is 74.2 Å². The molecule has 1 heterocycles. The van der Waals surface area contributed by atoms with Crippen molar-refractivity contribution in [3.8, 4) is 28.7 Å². The number of aliphatic hydroxyl groups is 1. The molecule has 7 nitrogen and oxygen atoms in total. The predicted molar refractivity (Wildman–Crippen MR) is 142 cm³/mol. The largest absolute Gasteiger partial charge is 0.508 e. The monoisotopic (exact) mass is 508 g/mol. The highest BCUT2D eigenvalue weighted by molar-refractivity contribution is 6.06. The number of carbonyl (C=O) groups is 1. The molecule has 0 aliphatic carbocycles. The van der Waals surface area contributed by atoms with Crippen LogP contribution in [-0.2, 0) is 12.8 Å². The lowest BCUT2D eigenvalue weighted by Gasteiger charge is -2.33. The fourth-order valence-corrected chi connectivity index (χ4v) is 4.42. The van der Waals surface area contributed by atoms with Crippen LogP contribution in [0.4, 0.5) is 0 Å². The fraction of sp³-hybridized carbons (Fsp3) is 0.367. The first-order valence-corrected chi connectivity index (χ1v) is 12.3. The molecular formula is C30H36O7. The first-order valence-electron chi connectivity index (χ1n) is 12.3. The molecule has 5 N–H and O–H groups in total. The number of hydrogen-bond acceptors (Lipinski definition) is 7. The molecule has 37 heavy (non-hydrogen) atoms. The molecule has 0 spiro atoms. The molecule has 198 valence electrons. The quantitative estimate of drug-likeness (QED) is 0.286. The molecule has 1 aliphatic heterocycles. The van der Waals surface area contributed by atoms with Gasteiger partial charge in [-0.1, -0.05) is 35.5 Å². The van der Waals surface area contributed by atoms with E-state index in [0.717, 1.165) is 22.8 Å². The summed E-state index contributed by atoms with van der Waals surface area (Å²) < 4.78 is 6.11. The zero-order valence-electron chi connectivity index (χ0n) is 22.0. The third kappa shape index (κ3) is 5.83. The van der Waals surface area contributed by atoms with E-state index in [-0.39, 0.29) is 58.4 Å². The topological polar surface area (TPSA) is 127 Å². The number of aliphatic hydroxyl groups excluding tert-OH is 1. The fourth-order valence-electron chi connectivity index (χ4n) is 4.42. The van der Waals surface area contributed by atoms with Crippen molar-refractivity contribution < 1.29 is 35.1 Å². The van der Waals surface area contributed by atoms with Gasteiger partial charge in [0.2, 0.25) is 5.78 Å². The Morgan fingerprint density at radius 2 is 1.65 bits per heavy atom. The normalized spacial score (nSPS) is 17.4. The summed E-state index contributed by atoms with van der Waals surface area (Å²) in [6, 6.07) is 3.74. The zero-order chi connectivity index (χ0) is 27.6. The van der Waals surface area contributed by atoms with E-state index in [2.05, 4.69) is 12.7 Å². The summed E-state index contributed by atoms with van der Waals surface area (Å²) >= 11 is 0. The van der Waals surface area contributed by atoms with Crippen LogP contribution in [-0.4, -0.2) is 37.4 Å². The highest BCUT2D eigenvalue weighted by Gasteiger charge is 2.43. The van der Waals surface area contributed by atoms with Crippen LogP contribution < -0.4 is 4.74 Å². The van der Waals surface area contributed by atoms with Crippen LogP contribution >= 0.6 is 0 Å². The number of carbonyl (C=O) groups excluding carboxylic acids is 1. The summed E-state index contributed by atoms with van der Waals surface area (Å²) in [6.45, 7) is 13.8. The van der Waals surface area contributed by atoms with E-state index in [4.69, 9.17) is 4.74 Å². The summed E-state index contributed by atoms with van der Waals surface area (Å²) in [5.74, 6) is -2.10.